The quantitative estimate of drug-likeness (QED) is 0.834. The molecule has 0 aliphatic carbocycles. The van der Waals surface area contributed by atoms with Crippen LogP contribution >= 0.6 is 11.3 Å². The zero-order valence-electron chi connectivity index (χ0n) is 12.5. The molecule has 0 saturated carbocycles. The summed E-state index contributed by atoms with van der Waals surface area (Å²) in [5.41, 5.74) is 0.651. The van der Waals surface area contributed by atoms with Crippen LogP contribution in [-0.2, 0) is 14.3 Å². The van der Waals surface area contributed by atoms with Crippen molar-refractivity contribution in [3.8, 4) is 0 Å². The lowest BCUT2D eigenvalue weighted by Crippen LogP contribution is -2.40. The van der Waals surface area contributed by atoms with Crippen molar-refractivity contribution in [2.24, 2.45) is 11.3 Å². The van der Waals surface area contributed by atoms with Crippen molar-refractivity contribution in [1.29, 1.82) is 0 Å². The molecule has 2 amide bonds. The molecule has 0 N–H and O–H groups in total. The number of hydrogen-bond donors (Lipinski definition) is 0. The average molecular weight is 320 g/mol. The van der Waals surface area contributed by atoms with Crippen molar-refractivity contribution >= 4 is 28.8 Å². The van der Waals surface area contributed by atoms with Crippen LogP contribution in [0.5, 0.6) is 0 Å². The Morgan fingerprint density at radius 3 is 2.95 bits per heavy atom. The Labute approximate surface area is 133 Å². The highest BCUT2D eigenvalue weighted by Gasteiger charge is 2.52. The lowest BCUT2D eigenvalue weighted by Gasteiger charge is -2.24. The Kier molecular flexibility index (Phi) is 3.46. The third-order valence-corrected chi connectivity index (χ3v) is 5.95. The molecular formula is C16H20N2O3S. The zero-order chi connectivity index (χ0) is 15.2. The highest BCUT2D eigenvalue weighted by atomic mass is 32.1. The van der Waals surface area contributed by atoms with Crippen molar-refractivity contribution < 1.29 is 14.3 Å². The van der Waals surface area contributed by atoms with E-state index in [2.05, 4.69) is 0 Å². The molecule has 2 atom stereocenters. The average Bonchev–Trinajstić information content (AvgIpc) is 3.28. The van der Waals surface area contributed by atoms with E-state index in [0.29, 0.717) is 26.3 Å². The molecular weight excluding hydrogens is 300 g/mol. The molecule has 3 aliphatic heterocycles. The first kappa shape index (κ1) is 14.2. The summed E-state index contributed by atoms with van der Waals surface area (Å²) in [6.07, 6.45) is 2.47. The normalized spacial score (nSPS) is 31.6. The fraction of sp³-hybridized carbons (Fsp3) is 0.625. The van der Waals surface area contributed by atoms with E-state index in [-0.39, 0.29) is 23.1 Å². The molecule has 4 heterocycles. The minimum absolute atomic E-state index is 0.000341. The van der Waals surface area contributed by atoms with Gasteiger partial charge in [0.2, 0.25) is 11.8 Å². The smallest absolute Gasteiger partial charge is 0.235 e. The second kappa shape index (κ2) is 5.35. The van der Waals surface area contributed by atoms with Crippen molar-refractivity contribution in [1.82, 2.24) is 4.90 Å². The molecule has 0 bridgehead atoms. The van der Waals surface area contributed by atoms with Gasteiger partial charge in [-0.2, -0.15) is 11.3 Å². The van der Waals surface area contributed by atoms with E-state index in [9.17, 15) is 9.59 Å². The number of carbonyl (C=O) groups excluding carboxylic acids is 2. The van der Waals surface area contributed by atoms with Crippen molar-refractivity contribution in [3.05, 3.63) is 16.8 Å². The summed E-state index contributed by atoms with van der Waals surface area (Å²) in [5, 5.41) is 4.02. The van der Waals surface area contributed by atoms with E-state index < -0.39 is 0 Å². The third-order valence-electron chi connectivity index (χ3n) is 5.28. The second-order valence-electron chi connectivity index (χ2n) is 6.54. The minimum Gasteiger partial charge on any atom is -0.381 e. The Hall–Kier alpha value is -1.40. The number of ether oxygens (including phenoxy) is 1. The molecule has 1 aromatic rings. The zero-order valence-corrected chi connectivity index (χ0v) is 13.3. The van der Waals surface area contributed by atoms with Gasteiger partial charge in [0.15, 0.2) is 0 Å². The fourth-order valence-corrected chi connectivity index (χ4v) is 4.55. The monoisotopic (exact) mass is 320 g/mol. The van der Waals surface area contributed by atoms with E-state index in [0.717, 1.165) is 31.5 Å². The van der Waals surface area contributed by atoms with E-state index >= 15 is 0 Å². The third kappa shape index (κ3) is 2.16. The molecule has 118 valence electrons. The largest absolute Gasteiger partial charge is 0.381 e. The molecule has 3 aliphatic rings. The van der Waals surface area contributed by atoms with Crippen LogP contribution in [0, 0.1) is 11.3 Å². The van der Waals surface area contributed by atoms with E-state index in [4.69, 9.17) is 4.74 Å². The van der Waals surface area contributed by atoms with Gasteiger partial charge in [-0.15, -0.1) is 0 Å². The van der Waals surface area contributed by atoms with Gasteiger partial charge in [-0.3, -0.25) is 9.59 Å². The second-order valence-corrected chi connectivity index (χ2v) is 7.32. The van der Waals surface area contributed by atoms with Crippen LogP contribution in [-0.4, -0.2) is 49.6 Å². The summed E-state index contributed by atoms with van der Waals surface area (Å²) < 4.78 is 5.32. The van der Waals surface area contributed by atoms with Crippen LogP contribution in [0.3, 0.4) is 0 Å². The molecule has 5 nitrogen and oxygen atoms in total. The predicted molar refractivity (Wildman–Crippen MR) is 83.8 cm³/mol. The van der Waals surface area contributed by atoms with Crippen LogP contribution in [0.1, 0.15) is 19.3 Å². The Morgan fingerprint density at radius 1 is 1.36 bits per heavy atom. The minimum atomic E-state index is -0.350. The molecule has 3 fully saturated rings. The predicted octanol–water partition coefficient (Wildman–Crippen LogP) is 1.74. The molecule has 3 saturated heterocycles. The first-order valence-corrected chi connectivity index (χ1v) is 8.85. The van der Waals surface area contributed by atoms with Crippen LogP contribution in [0.4, 0.5) is 5.69 Å². The summed E-state index contributed by atoms with van der Waals surface area (Å²) in [4.78, 5) is 29.2. The summed E-state index contributed by atoms with van der Waals surface area (Å²) in [5.74, 6) is 0.375. The number of anilines is 1. The van der Waals surface area contributed by atoms with Crippen LogP contribution in [0.25, 0.3) is 0 Å². The highest BCUT2D eigenvalue weighted by Crippen LogP contribution is 2.43. The van der Waals surface area contributed by atoms with Crippen molar-refractivity contribution in [2.45, 2.75) is 19.3 Å². The molecule has 1 aromatic heterocycles. The van der Waals surface area contributed by atoms with Gasteiger partial charge in [-0.1, -0.05) is 0 Å². The van der Waals surface area contributed by atoms with Gasteiger partial charge in [0.05, 0.1) is 23.6 Å². The van der Waals surface area contributed by atoms with Gasteiger partial charge in [-0.25, -0.2) is 0 Å². The number of carbonyl (C=O) groups is 2. The number of rotatable bonds is 2. The van der Waals surface area contributed by atoms with Gasteiger partial charge in [0.1, 0.15) is 0 Å². The Morgan fingerprint density at radius 2 is 2.23 bits per heavy atom. The number of likely N-dealkylation sites (tertiary alicyclic amines) is 1. The standard InChI is InChI=1S/C16H20N2O3S/c19-14(12-1-7-21-9-12)17-5-3-16(11-17)4-6-18(15(16)20)13-2-8-22-10-13/h2,8,10,12H,1,3-7,9,11H2/t12-,16+/m1/s1. The SMILES string of the molecule is O=C([C@@H]1CCOC1)N1CC[C@]2(CCN(c3ccsc3)C2=O)C1. The van der Waals surface area contributed by atoms with Crippen molar-refractivity contribution in [3.63, 3.8) is 0 Å². The maximum atomic E-state index is 12.9. The van der Waals surface area contributed by atoms with Crippen LogP contribution < -0.4 is 4.90 Å². The topological polar surface area (TPSA) is 49.9 Å². The van der Waals surface area contributed by atoms with E-state index in [1.165, 1.54) is 0 Å². The molecule has 4 rings (SSSR count). The molecule has 22 heavy (non-hydrogen) atoms. The van der Waals surface area contributed by atoms with Crippen molar-refractivity contribution in [2.75, 3.05) is 37.7 Å². The van der Waals surface area contributed by atoms with E-state index in [1.807, 2.05) is 26.6 Å². The van der Waals surface area contributed by atoms with Gasteiger partial charge >= 0.3 is 0 Å². The summed E-state index contributed by atoms with van der Waals surface area (Å²) >= 11 is 1.61. The summed E-state index contributed by atoms with van der Waals surface area (Å²) in [7, 11) is 0. The van der Waals surface area contributed by atoms with Gasteiger partial charge in [0.25, 0.3) is 0 Å². The number of hydrogen-bond acceptors (Lipinski definition) is 4. The summed E-state index contributed by atoms with van der Waals surface area (Å²) in [6.45, 7) is 3.28. The molecule has 1 spiro atoms. The lowest BCUT2D eigenvalue weighted by molar-refractivity contribution is -0.135. The van der Waals surface area contributed by atoms with Crippen LogP contribution in [0.15, 0.2) is 16.8 Å². The highest BCUT2D eigenvalue weighted by molar-refractivity contribution is 7.08. The maximum Gasteiger partial charge on any atom is 0.235 e. The Bertz CT molecular complexity index is 582. The molecule has 6 heteroatoms. The Balaban J connectivity index is 1.47. The fourth-order valence-electron chi connectivity index (χ4n) is 3.90. The first-order valence-electron chi connectivity index (χ1n) is 7.90. The molecule has 0 aromatic carbocycles. The first-order chi connectivity index (χ1) is 10.7. The van der Waals surface area contributed by atoms with Gasteiger partial charge in [0, 0.05) is 31.6 Å². The molecule has 0 unspecified atom stereocenters. The van der Waals surface area contributed by atoms with Crippen LogP contribution in [0.2, 0.25) is 0 Å². The summed E-state index contributed by atoms with van der Waals surface area (Å²) in [6, 6.07) is 2.00. The number of nitrogens with zero attached hydrogens (tertiary/aromatic N) is 2. The lowest BCUT2D eigenvalue weighted by atomic mass is 9.85. The number of amides is 2. The van der Waals surface area contributed by atoms with Gasteiger partial charge in [-0.05, 0) is 30.7 Å². The molecule has 0 radical (unpaired) electrons. The maximum absolute atomic E-state index is 12.9. The number of thiophene rings is 1. The van der Waals surface area contributed by atoms with Gasteiger partial charge < -0.3 is 14.5 Å². The van der Waals surface area contributed by atoms with E-state index in [1.54, 1.807) is 11.3 Å².